The maximum Gasteiger partial charge on any atom is 0.0565 e. The maximum atomic E-state index is 3.49. The Hall–Kier alpha value is -2.48. The van der Waals surface area contributed by atoms with Crippen molar-refractivity contribution in [2.75, 3.05) is 11.9 Å². The van der Waals surface area contributed by atoms with Gasteiger partial charge in [0.25, 0.3) is 0 Å². The average Bonchev–Trinajstić information content (AvgIpc) is 2.99. The zero-order valence-electron chi connectivity index (χ0n) is 14.8. The Morgan fingerprint density at radius 2 is 1.72 bits per heavy atom. The van der Waals surface area contributed by atoms with E-state index in [1.165, 1.54) is 33.4 Å². The van der Waals surface area contributed by atoms with E-state index in [0.29, 0.717) is 6.04 Å². The van der Waals surface area contributed by atoms with Crippen molar-refractivity contribution in [1.82, 2.24) is 4.98 Å². The normalized spacial score (nSPS) is 18.6. The van der Waals surface area contributed by atoms with E-state index in [-0.39, 0.29) is 12.8 Å². The minimum atomic E-state index is 0. The van der Waals surface area contributed by atoms with E-state index < -0.39 is 0 Å². The fourth-order valence-corrected chi connectivity index (χ4v) is 4.19. The van der Waals surface area contributed by atoms with Crippen LogP contribution in [0.1, 0.15) is 38.1 Å². The highest BCUT2D eigenvalue weighted by molar-refractivity contribution is 5.90. The molecule has 0 saturated heterocycles. The summed E-state index contributed by atoms with van der Waals surface area (Å²) in [6.45, 7) is 6.83. The van der Waals surface area contributed by atoms with Crippen LogP contribution in [0.2, 0.25) is 0 Å². The summed E-state index contributed by atoms with van der Waals surface area (Å²) in [6, 6.07) is 17.6. The fraction of sp³-hybridized carbons (Fsp3) is 0.304. The summed E-state index contributed by atoms with van der Waals surface area (Å²) in [6.07, 6.45) is 4.66. The van der Waals surface area contributed by atoms with E-state index in [4.69, 9.17) is 0 Å². The number of hydrogen-bond donors (Lipinski definition) is 1. The third kappa shape index (κ3) is 2.57. The van der Waals surface area contributed by atoms with Gasteiger partial charge in [0.15, 0.2) is 0 Å². The van der Waals surface area contributed by atoms with E-state index in [2.05, 4.69) is 98.4 Å². The standard InChI is InChI=1S/C22H24N2.CH4/c1-15-16(17-9-5-7-11-19(17)23-15)13-14-21-22(2,3)18-10-6-8-12-20(18)24(21)4;/h5-14,21,23H,1-4H3;1H4/b14-13+;. The number of nitrogens with one attached hydrogen (secondary N) is 1. The lowest BCUT2D eigenvalue weighted by atomic mass is 9.80. The number of para-hydroxylation sites is 2. The highest BCUT2D eigenvalue weighted by Crippen LogP contribution is 2.44. The molecule has 2 nitrogen and oxygen atoms in total. The second kappa shape index (κ2) is 6.11. The Kier molecular flexibility index (Phi) is 4.24. The van der Waals surface area contributed by atoms with Crippen molar-refractivity contribution in [2.45, 2.75) is 39.7 Å². The number of fused-ring (bicyclic) bond motifs is 2. The van der Waals surface area contributed by atoms with Crippen molar-refractivity contribution in [3.8, 4) is 0 Å². The van der Waals surface area contributed by atoms with Crippen LogP contribution in [0.4, 0.5) is 5.69 Å². The summed E-state index contributed by atoms with van der Waals surface area (Å²) in [7, 11) is 2.20. The first-order valence-corrected chi connectivity index (χ1v) is 8.58. The number of rotatable bonds is 2. The van der Waals surface area contributed by atoms with Crippen LogP contribution in [-0.2, 0) is 5.41 Å². The maximum absolute atomic E-state index is 3.49. The molecule has 2 heterocycles. The summed E-state index contributed by atoms with van der Waals surface area (Å²) in [5, 5.41) is 1.29. The molecule has 1 aliphatic rings. The van der Waals surface area contributed by atoms with Crippen molar-refractivity contribution in [3.63, 3.8) is 0 Å². The predicted molar refractivity (Wildman–Crippen MR) is 110 cm³/mol. The fourth-order valence-electron chi connectivity index (χ4n) is 4.19. The van der Waals surface area contributed by atoms with Crippen molar-refractivity contribution in [2.24, 2.45) is 0 Å². The molecule has 25 heavy (non-hydrogen) atoms. The molecule has 1 aromatic heterocycles. The summed E-state index contributed by atoms with van der Waals surface area (Å²) in [5.74, 6) is 0. The van der Waals surface area contributed by atoms with Gasteiger partial charge < -0.3 is 9.88 Å². The Morgan fingerprint density at radius 1 is 1.04 bits per heavy atom. The monoisotopic (exact) mass is 332 g/mol. The van der Waals surface area contributed by atoms with Gasteiger partial charge in [-0.15, -0.1) is 0 Å². The van der Waals surface area contributed by atoms with Gasteiger partial charge in [-0.3, -0.25) is 0 Å². The first-order valence-electron chi connectivity index (χ1n) is 8.58. The molecule has 0 amide bonds. The van der Waals surface area contributed by atoms with Crippen LogP contribution in [0.5, 0.6) is 0 Å². The minimum absolute atomic E-state index is 0. The molecule has 1 atom stereocenters. The number of hydrogen-bond acceptors (Lipinski definition) is 1. The van der Waals surface area contributed by atoms with Gasteiger partial charge in [0.05, 0.1) is 6.04 Å². The summed E-state index contributed by atoms with van der Waals surface area (Å²) < 4.78 is 0. The van der Waals surface area contributed by atoms with Crippen LogP contribution in [0.15, 0.2) is 54.6 Å². The van der Waals surface area contributed by atoms with Crippen molar-refractivity contribution < 1.29 is 0 Å². The highest BCUT2D eigenvalue weighted by Gasteiger charge is 2.41. The molecule has 4 rings (SSSR count). The number of nitrogens with zero attached hydrogens (tertiary/aromatic N) is 1. The number of H-pyrrole nitrogens is 1. The Morgan fingerprint density at radius 3 is 2.48 bits per heavy atom. The third-order valence-electron chi connectivity index (χ3n) is 5.52. The molecular weight excluding hydrogens is 304 g/mol. The second-order valence-corrected chi connectivity index (χ2v) is 7.36. The van der Waals surface area contributed by atoms with Crippen LogP contribution in [0.3, 0.4) is 0 Å². The van der Waals surface area contributed by atoms with E-state index >= 15 is 0 Å². The molecule has 0 bridgehead atoms. The zero-order chi connectivity index (χ0) is 16.9. The molecule has 2 heteroatoms. The zero-order valence-corrected chi connectivity index (χ0v) is 14.8. The third-order valence-corrected chi connectivity index (χ3v) is 5.52. The van der Waals surface area contributed by atoms with Crippen LogP contribution >= 0.6 is 0 Å². The number of anilines is 1. The van der Waals surface area contributed by atoms with Gasteiger partial charge in [0.1, 0.15) is 0 Å². The lowest BCUT2D eigenvalue weighted by molar-refractivity contribution is 0.489. The van der Waals surface area contributed by atoms with Gasteiger partial charge in [-0.25, -0.2) is 0 Å². The minimum Gasteiger partial charge on any atom is -0.367 e. The van der Waals surface area contributed by atoms with Crippen LogP contribution < -0.4 is 4.90 Å². The van der Waals surface area contributed by atoms with Gasteiger partial charge in [-0.1, -0.05) is 69.8 Å². The number of aryl methyl sites for hydroxylation is 1. The van der Waals surface area contributed by atoms with Crippen LogP contribution in [-0.4, -0.2) is 18.1 Å². The van der Waals surface area contributed by atoms with Gasteiger partial charge >= 0.3 is 0 Å². The molecule has 2 aromatic carbocycles. The summed E-state index contributed by atoms with van der Waals surface area (Å²) in [5.41, 5.74) is 6.60. The van der Waals surface area contributed by atoms with Gasteiger partial charge in [0, 0.05) is 40.3 Å². The average molecular weight is 332 g/mol. The first-order chi connectivity index (χ1) is 11.5. The van der Waals surface area contributed by atoms with E-state index in [1.54, 1.807) is 0 Å². The summed E-state index contributed by atoms with van der Waals surface area (Å²) in [4.78, 5) is 5.89. The van der Waals surface area contributed by atoms with Gasteiger partial charge in [-0.05, 0) is 24.6 Å². The lowest BCUT2D eigenvalue weighted by Crippen LogP contribution is -2.37. The van der Waals surface area contributed by atoms with Crippen LogP contribution in [0, 0.1) is 6.92 Å². The molecule has 0 spiro atoms. The van der Waals surface area contributed by atoms with E-state index in [1.807, 2.05) is 0 Å². The van der Waals surface area contributed by atoms with Crippen molar-refractivity contribution in [1.29, 1.82) is 0 Å². The molecule has 0 fully saturated rings. The molecule has 1 aliphatic heterocycles. The Bertz CT molecular complexity index is 930. The summed E-state index contributed by atoms with van der Waals surface area (Å²) >= 11 is 0. The molecule has 1 N–H and O–H groups in total. The number of benzene rings is 2. The largest absolute Gasteiger partial charge is 0.367 e. The van der Waals surface area contributed by atoms with E-state index in [0.717, 1.165) is 0 Å². The first kappa shape index (κ1) is 17.3. The molecule has 130 valence electrons. The van der Waals surface area contributed by atoms with Gasteiger partial charge in [0.2, 0.25) is 0 Å². The molecule has 0 radical (unpaired) electrons. The topological polar surface area (TPSA) is 19.0 Å². The highest BCUT2D eigenvalue weighted by atomic mass is 15.2. The molecule has 3 aromatic rings. The number of likely N-dealkylation sites (N-methyl/N-ethyl adjacent to an activating group) is 1. The van der Waals surface area contributed by atoms with Crippen molar-refractivity contribution >= 4 is 22.7 Å². The van der Waals surface area contributed by atoms with Crippen LogP contribution in [0.25, 0.3) is 17.0 Å². The molecule has 0 aliphatic carbocycles. The Balaban J connectivity index is 0.00000182. The number of aromatic amines is 1. The Labute approximate surface area is 151 Å². The molecule has 0 saturated carbocycles. The van der Waals surface area contributed by atoms with E-state index in [9.17, 15) is 0 Å². The number of aromatic nitrogens is 1. The van der Waals surface area contributed by atoms with Gasteiger partial charge in [-0.2, -0.15) is 0 Å². The van der Waals surface area contributed by atoms with Crippen molar-refractivity contribution in [3.05, 3.63) is 71.4 Å². The molecule has 1 unspecified atom stereocenters. The smallest absolute Gasteiger partial charge is 0.0565 e. The quantitative estimate of drug-likeness (QED) is 0.617. The lowest BCUT2D eigenvalue weighted by Gasteiger charge is -2.29. The predicted octanol–water partition coefficient (Wildman–Crippen LogP) is 5.92. The molecular formula is C23H28N2. The second-order valence-electron chi connectivity index (χ2n) is 7.36. The SMILES string of the molecule is C.Cc1[nH]c2ccccc2c1/C=C/C1N(C)c2ccccc2C1(C)C.